The fourth-order valence-corrected chi connectivity index (χ4v) is 2.27. The summed E-state index contributed by atoms with van der Waals surface area (Å²) in [6.45, 7) is 6.69. The average Bonchev–Trinajstić information content (AvgIpc) is 2.35. The smallest absolute Gasteiger partial charge is 0.253 e. The van der Waals surface area contributed by atoms with Gasteiger partial charge < -0.3 is 15.4 Å². The summed E-state index contributed by atoms with van der Waals surface area (Å²) < 4.78 is 5.57. The minimum atomic E-state index is -0.302. The number of nitrogens with two attached hydrogens (primary N) is 1. The molecule has 1 amide bonds. The number of nitrogen functional groups attached to an aromatic ring is 1. The number of carbonyl (C=O) groups is 1. The Bertz CT molecular complexity index is 478. The molecule has 1 aliphatic heterocycles. The van der Waals surface area contributed by atoms with Crippen molar-refractivity contribution in [3.63, 3.8) is 0 Å². The van der Waals surface area contributed by atoms with Gasteiger partial charge in [0.2, 0.25) is 0 Å². The van der Waals surface area contributed by atoms with Crippen molar-refractivity contribution in [2.24, 2.45) is 0 Å². The average molecular weight is 262 g/mol. The number of carbonyl (C=O) groups excluding carboxylic acids is 1. The van der Waals surface area contributed by atoms with E-state index in [0.29, 0.717) is 0 Å². The zero-order valence-electron chi connectivity index (χ0n) is 11.9. The highest BCUT2D eigenvalue weighted by Gasteiger charge is 2.24. The maximum atomic E-state index is 12.3. The predicted octanol–water partition coefficient (Wildman–Crippen LogP) is 2.36. The number of ether oxygens (including phenoxy) is 1. The Morgan fingerprint density at radius 2 is 2.16 bits per heavy atom. The van der Waals surface area contributed by atoms with E-state index in [-0.39, 0.29) is 18.1 Å². The fraction of sp³-hybridized carbons (Fsp3) is 0.533. The molecule has 4 nitrogen and oxygen atoms in total. The van der Waals surface area contributed by atoms with Gasteiger partial charge in [-0.3, -0.25) is 4.79 Å². The number of rotatable bonds is 2. The van der Waals surface area contributed by atoms with Crippen molar-refractivity contribution in [3.05, 3.63) is 23.8 Å². The minimum Gasteiger partial charge on any atom is -0.398 e. The van der Waals surface area contributed by atoms with Crippen LogP contribution < -0.4 is 10.6 Å². The summed E-state index contributed by atoms with van der Waals surface area (Å²) in [6.07, 6.45) is 1.88. The molecule has 104 valence electrons. The zero-order chi connectivity index (χ0) is 14.0. The van der Waals surface area contributed by atoms with Gasteiger partial charge in [-0.2, -0.15) is 0 Å². The standard InChI is InChI=1S/C15H22N2O2/c1-15(2,3)19-10-14(18)17-9-5-6-11-12(16)7-4-8-13(11)17/h4,7-8H,5-6,9-10,16H2,1-3H3. The Morgan fingerprint density at radius 1 is 1.42 bits per heavy atom. The number of anilines is 2. The van der Waals surface area contributed by atoms with Gasteiger partial charge in [-0.15, -0.1) is 0 Å². The van der Waals surface area contributed by atoms with E-state index in [9.17, 15) is 4.79 Å². The van der Waals surface area contributed by atoms with Crippen LogP contribution >= 0.6 is 0 Å². The normalized spacial score (nSPS) is 15.2. The van der Waals surface area contributed by atoms with Gasteiger partial charge in [0, 0.05) is 17.9 Å². The molecule has 0 saturated carbocycles. The third kappa shape index (κ3) is 3.26. The summed E-state index contributed by atoms with van der Waals surface area (Å²) in [5, 5.41) is 0. The van der Waals surface area contributed by atoms with E-state index in [1.165, 1.54) is 0 Å². The first-order valence-corrected chi connectivity index (χ1v) is 6.70. The highest BCUT2D eigenvalue weighted by Crippen LogP contribution is 2.31. The molecule has 1 aromatic rings. The Hall–Kier alpha value is -1.55. The molecular weight excluding hydrogens is 240 g/mol. The number of nitrogens with zero attached hydrogens (tertiary/aromatic N) is 1. The van der Waals surface area contributed by atoms with E-state index in [4.69, 9.17) is 10.5 Å². The molecule has 0 atom stereocenters. The predicted molar refractivity (Wildman–Crippen MR) is 77.2 cm³/mol. The van der Waals surface area contributed by atoms with Gasteiger partial charge in [-0.25, -0.2) is 0 Å². The topological polar surface area (TPSA) is 55.6 Å². The van der Waals surface area contributed by atoms with Gasteiger partial charge in [0.1, 0.15) is 6.61 Å². The molecule has 19 heavy (non-hydrogen) atoms. The van der Waals surface area contributed by atoms with E-state index in [0.717, 1.165) is 36.3 Å². The first kappa shape index (κ1) is 13.9. The Kier molecular flexibility index (Phi) is 3.80. The number of benzene rings is 1. The summed E-state index contributed by atoms with van der Waals surface area (Å²) in [4.78, 5) is 14.1. The van der Waals surface area contributed by atoms with Gasteiger partial charge in [0.05, 0.1) is 5.60 Å². The molecule has 0 unspecified atom stereocenters. The molecule has 0 spiro atoms. The van der Waals surface area contributed by atoms with Crippen molar-refractivity contribution in [2.45, 2.75) is 39.2 Å². The first-order valence-electron chi connectivity index (χ1n) is 6.70. The maximum absolute atomic E-state index is 12.3. The lowest BCUT2D eigenvalue weighted by molar-refractivity contribution is -0.128. The lowest BCUT2D eigenvalue weighted by Gasteiger charge is -2.31. The Morgan fingerprint density at radius 3 is 2.84 bits per heavy atom. The summed E-state index contributed by atoms with van der Waals surface area (Å²) in [7, 11) is 0. The lowest BCUT2D eigenvalue weighted by atomic mass is 10.00. The number of hydrogen-bond donors (Lipinski definition) is 1. The van der Waals surface area contributed by atoms with Crippen LogP contribution in [-0.4, -0.2) is 24.7 Å². The van der Waals surface area contributed by atoms with Crippen molar-refractivity contribution < 1.29 is 9.53 Å². The maximum Gasteiger partial charge on any atom is 0.253 e. The fourth-order valence-electron chi connectivity index (χ4n) is 2.27. The van der Waals surface area contributed by atoms with Gasteiger partial charge >= 0.3 is 0 Å². The quantitative estimate of drug-likeness (QED) is 0.832. The largest absolute Gasteiger partial charge is 0.398 e. The van der Waals surface area contributed by atoms with Crippen LogP contribution in [0.25, 0.3) is 0 Å². The van der Waals surface area contributed by atoms with E-state index >= 15 is 0 Å². The van der Waals surface area contributed by atoms with Crippen LogP contribution in [0.2, 0.25) is 0 Å². The molecule has 4 heteroatoms. The number of amides is 1. The van der Waals surface area contributed by atoms with Crippen LogP contribution in [0.5, 0.6) is 0 Å². The van der Waals surface area contributed by atoms with Crippen LogP contribution in [0, 0.1) is 0 Å². The third-order valence-electron chi connectivity index (χ3n) is 3.22. The highest BCUT2D eigenvalue weighted by molar-refractivity contribution is 5.96. The second-order valence-corrected chi connectivity index (χ2v) is 5.89. The van der Waals surface area contributed by atoms with E-state index in [2.05, 4.69) is 0 Å². The van der Waals surface area contributed by atoms with Crippen LogP contribution in [0.1, 0.15) is 32.8 Å². The summed E-state index contributed by atoms with van der Waals surface area (Å²) in [5.74, 6) is 0.00137. The Balaban J connectivity index is 2.15. The van der Waals surface area contributed by atoms with E-state index in [1.54, 1.807) is 4.90 Å². The summed E-state index contributed by atoms with van der Waals surface area (Å²) in [6, 6.07) is 5.74. The zero-order valence-corrected chi connectivity index (χ0v) is 11.9. The second-order valence-electron chi connectivity index (χ2n) is 5.89. The van der Waals surface area contributed by atoms with Crippen molar-refractivity contribution in [3.8, 4) is 0 Å². The van der Waals surface area contributed by atoms with Gasteiger partial charge in [0.25, 0.3) is 5.91 Å². The monoisotopic (exact) mass is 262 g/mol. The van der Waals surface area contributed by atoms with Crippen molar-refractivity contribution in [1.29, 1.82) is 0 Å². The molecule has 0 bridgehead atoms. The van der Waals surface area contributed by atoms with Gasteiger partial charge in [-0.1, -0.05) is 6.07 Å². The Labute approximate surface area is 114 Å². The number of fused-ring (bicyclic) bond motifs is 1. The van der Waals surface area contributed by atoms with Gasteiger partial charge in [0.15, 0.2) is 0 Å². The van der Waals surface area contributed by atoms with Crippen LogP contribution in [0.4, 0.5) is 11.4 Å². The molecule has 2 N–H and O–H groups in total. The van der Waals surface area contributed by atoms with Crippen LogP contribution in [0.15, 0.2) is 18.2 Å². The second kappa shape index (κ2) is 5.21. The summed E-state index contributed by atoms with van der Waals surface area (Å²) >= 11 is 0. The third-order valence-corrected chi connectivity index (χ3v) is 3.22. The van der Waals surface area contributed by atoms with Gasteiger partial charge in [-0.05, 0) is 51.3 Å². The highest BCUT2D eigenvalue weighted by atomic mass is 16.5. The molecule has 1 aliphatic rings. The lowest BCUT2D eigenvalue weighted by Crippen LogP contribution is -2.39. The van der Waals surface area contributed by atoms with Crippen molar-refractivity contribution in [1.82, 2.24) is 0 Å². The van der Waals surface area contributed by atoms with E-state index in [1.807, 2.05) is 39.0 Å². The van der Waals surface area contributed by atoms with Crippen LogP contribution in [-0.2, 0) is 16.0 Å². The molecular formula is C15H22N2O2. The van der Waals surface area contributed by atoms with Crippen molar-refractivity contribution in [2.75, 3.05) is 23.8 Å². The SMILES string of the molecule is CC(C)(C)OCC(=O)N1CCCc2c(N)cccc21. The molecule has 0 saturated heterocycles. The minimum absolute atomic E-state index is 0.00137. The molecule has 2 rings (SSSR count). The molecule has 1 aromatic carbocycles. The molecule has 0 radical (unpaired) electrons. The molecule has 1 heterocycles. The summed E-state index contributed by atoms with van der Waals surface area (Å²) in [5.41, 5.74) is 8.47. The molecule has 0 aliphatic carbocycles. The first-order chi connectivity index (χ1) is 8.88. The molecule has 0 fully saturated rings. The van der Waals surface area contributed by atoms with Crippen LogP contribution in [0.3, 0.4) is 0 Å². The number of hydrogen-bond acceptors (Lipinski definition) is 3. The van der Waals surface area contributed by atoms with E-state index < -0.39 is 0 Å². The molecule has 0 aromatic heterocycles. The van der Waals surface area contributed by atoms with Crippen molar-refractivity contribution >= 4 is 17.3 Å².